The van der Waals surface area contributed by atoms with Crippen LogP contribution in [0.2, 0.25) is 0 Å². The molecule has 1 fully saturated rings. The Hall–Kier alpha value is -2.43. The van der Waals surface area contributed by atoms with Crippen LogP contribution < -0.4 is 10.6 Å². The van der Waals surface area contributed by atoms with Crippen LogP contribution >= 0.6 is 24.0 Å². The standard InChI is InChI=1S/C24H29N5O2.HI/c1-25-24(27-16-22-18-31-23(28-22)19-7-3-2-4-8-19)26-15-20-9-5-6-10-21(20)17-29-11-13-30-14-12-29;/h2-10,18H,11-17H2,1H3,(H2,25,26,27);1H. The number of ether oxygens (including phenoxy) is 1. The lowest BCUT2D eigenvalue weighted by molar-refractivity contribution is 0.0341. The van der Waals surface area contributed by atoms with Gasteiger partial charge in [-0.05, 0) is 23.3 Å². The molecule has 4 rings (SSSR count). The number of oxazole rings is 1. The number of nitrogens with one attached hydrogen (secondary N) is 2. The summed E-state index contributed by atoms with van der Waals surface area (Å²) in [6, 6.07) is 18.4. The van der Waals surface area contributed by atoms with Crippen molar-refractivity contribution in [2.75, 3.05) is 33.4 Å². The van der Waals surface area contributed by atoms with Crippen molar-refractivity contribution in [2.24, 2.45) is 4.99 Å². The zero-order valence-electron chi connectivity index (χ0n) is 18.3. The normalized spacial score (nSPS) is 14.6. The van der Waals surface area contributed by atoms with Gasteiger partial charge in [-0.1, -0.05) is 42.5 Å². The zero-order chi connectivity index (χ0) is 21.3. The molecule has 8 heteroatoms. The molecule has 1 aliphatic heterocycles. The van der Waals surface area contributed by atoms with Crippen molar-refractivity contribution >= 4 is 29.9 Å². The van der Waals surface area contributed by atoms with E-state index in [4.69, 9.17) is 9.15 Å². The second-order valence-corrected chi connectivity index (χ2v) is 7.45. The first-order valence-corrected chi connectivity index (χ1v) is 10.6. The summed E-state index contributed by atoms with van der Waals surface area (Å²) in [7, 11) is 1.77. The van der Waals surface area contributed by atoms with E-state index in [1.807, 2.05) is 30.3 Å². The first-order chi connectivity index (χ1) is 15.3. The molecule has 0 bridgehead atoms. The third-order valence-corrected chi connectivity index (χ3v) is 5.30. The van der Waals surface area contributed by atoms with Gasteiger partial charge in [-0.2, -0.15) is 0 Å². The highest BCUT2D eigenvalue weighted by Crippen LogP contribution is 2.18. The summed E-state index contributed by atoms with van der Waals surface area (Å²) in [6.07, 6.45) is 1.68. The van der Waals surface area contributed by atoms with E-state index in [1.165, 1.54) is 11.1 Å². The van der Waals surface area contributed by atoms with Crippen LogP contribution in [0.5, 0.6) is 0 Å². The van der Waals surface area contributed by atoms with E-state index >= 15 is 0 Å². The number of rotatable bonds is 7. The average Bonchev–Trinajstić information content (AvgIpc) is 3.30. The molecular formula is C24H30IN5O2. The maximum absolute atomic E-state index is 5.61. The quantitative estimate of drug-likeness (QED) is 0.267. The van der Waals surface area contributed by atoms with Gasteiger partial charge < -0.3 is 19.8 Å². The van der Waals surface area contributed by atoms with Crippen LogP contribution in [0.3, 0.4) is 0 Å². The molecule has 0 radical (unpaired) electrons. The van der Waals surface area contributed by atoms with E-state index in [-0.39, 0.29) is 24.0 Å². The van der Waals surface area contributed by atoms with Gasteiger partial charge in [0.25, 0.3) is 0 Å². The van der Waals surface area contributed by atoms with Crippen molar-refractivity contribution in [2.45, 2.75) is 19.6 Å². The first-order valence-electron chi connectivity index (χ1n) is 10.6. The van der Waals surface area contributed by atoms with Gasteiger partial charge in [-0.25, -0.2) is 4.98 Å². The number of hydrogen-bond donors (Lipinski definition) is 2. The number of nitrogens with zero attached hydrogens (tertiary/aromatic N) is 3. The van der Waals surface area contributed by atoms with Crippen molar-refractivity contribution < 1.29 is 9.15 Å². The topological polar surface area (TPSA) is 74.9 Å². The molecule has 1 aromatic heterocycles. The predicted octanol–water partition coefficient (Wildman–Crippen LogP) is 3.66. The lowest BCUT2D eigenvalue weighted by atomic mass is 10.1. The van der Waals surface area contributed by atoms with Crippen molar-refractivity contribution in [1.29, 1.82) is 0 Å². The van der Waals surface area contributed by atoms with Crippen LogP contribution in [-0.4, -0.2) is 49.2 Å². The Morgan fingerprint density at radius 3 is 2.41 bits per heavy atom. The van der Waals surface area contributed by atoms with Crippen molar-refractivity contribution in [1.82, 2.24) is 20.5 Å². The molecule has 0 saturated carbocycles. The SMILES string of the molecule is CN=C(NCc1coc(-c2ccccc2)n1)NCc1ccccc1CN1CCOCC1.I. The molecule has 32 heavy (non-hydrogen) atoms. The highest BCUT2D eigenvalue weighted by Gasteiger charge is 2.13. The van der Waals surface area contributed by atoms with Gasteiger partial charge in [0, 0.05) is 38.8 Å². The summed E-state index contributed by atoms with van der Waals surface area (Å²) < 4.78 is 11.1. The highest BCUT2D eigenvalue weighted by atomic mass is 127. The maximum Gasteiger partial charge on any atom is 0.226 e. The van der Waals surface area contributed by atoms with Gasteiger partial charge >= 0.3 is 0 Å². The minimum atomic E-state index is 0. The average molecular weight is 547 g/mol. The Labute approximate surface area is 206 Å². The molecule has 2 N–H and O–H groups in total. The summed E-state index contributed by atoms with van der Waals surface area (Å²) in [4.78, 5) is 11.3. The van der Waals surface area contributed by atoms with Crippen LogP contribution in [-0.2, 0) is 24.4 Å². The second-order valence-electron chi connectivity index (χ2n) is 7.45. The Bertz CT molecular complexity index is 987. The molecule has 0 unspecified atom stereocenters. The minimum absolute atomic E-state index is 0. The van der Waals surface area contributed by atoms with E-state index in [9.17, 15) is 0 Å². The number of aliphatic imine (C=N–C) groups is 1. The molecule has 7 nitrogen and oxygen atoms in total. The van der Waals surface area contributed by atoms with Gasteiger partial charge in [-0.3, -0.25) is 9.89 Å². The number of benzene rings is 2. The lowest BCUT2D eigenvalue weighted by Crippen LogP contribution is -2.37. The summed E-state index contributed by atoms with van der Waals surface area (Å²) in [5.74, 6) is 1.35. The fourth-order valence-corrected chi connectivity index (χ4v) is 3.56. The fourth-order valence-electron chi connectivity index (χ4n) is 3.56. The summed E-state index contributed by atoms with van der Waals surface area (Å²) in [5.41, 5.74) is 4.39. The molecular weight excluding hydrogens is 517 g/mol. The molecule has 0 spiro atoms. The van der Waals surface area contributed by atoms with E-state index in [1.54, 1.807) is 13.3 Å². The molecule has 170 valence electrons. The molecule has 2 aromatic carbocycles. The van der Waals surface area contributed by atoms with Crippen LogP contribution in [0.15, 0.2) is 70.3 Å². The van der Waals surface area contributed by atoms with E-state index in [0.29, 0.717) is 19.0 Å². The number of morpholine rings is 1. The monoisotopic (exact) mass is 547 g/mol. The third kappa shape index (κ3) is 6.78. The van der Waals surface area contributed by atoms with Gasteiger partial charge in [0.2, 0.25) is 5.89 Å². The van der Waals surface area contributed by atoms with Gasteiger partial charge in [0.15, 0.2) is 5.96 Å². The zero-order valence-corrected chi connectivity index (χ0v) is 20.6. The molecule has 0 aliphatic carbocycles. The Kier molecular flexibility index (Phi) is 9.51. The summed E-state index contributed by atoms with van der Waals surface area (Å²) >= 11 is 0. The smallest absolute Gasteiger partial charge is 0.226 e. The molecule has 1 saturated heterocycles. The Morgan fingerprint density at radius 1 is 0.969 bits per heavy atom. The van der Waals surface area contributed by atoms with Crippen molar-refractivity contribution in [3.8, 4) is 11.5 Å². The number of guanidine groups is 1. The molecule has 3 aromatic rings. The summed E-state index contributed by atoms with van der Waals surface area (Å²) in [6.45, 7) is 5.76. The van der Waals surface area contributed by atoms with Crippen molar-refractivity contribution in [3.05, 3.63) is 77.7 Å². The number of hydrogen-bond acceptors (Lipinski definition) is 5. The van der Waals surface area contributed by atoms with Crippen LogP contribution in [0.4, 0.5) is 0 Å². The molecule has 0 atom stereocenters. The number of halogens is 1. The van der Waals surface area contributed by atoms with E-state index in [2.05, 4.69) is 49.8 Å². The van der Waals surface area contributed by atoms with Crippen LogP contribution in [0.1, 0.15) is 16.8 Å². The fraction of sp³-hybridized carbons (Fsp3) is 0.333. The summed E-state index contributed by atoms with van der Waals surface area (Å²) in [5, 5.41) is 6.72. The molecule has 0 amide bonds. The van der Waals surface area contributed by atoms with Gasteiger partial charge in [0.1, 0.15) is 6.26 Å². The Balaban J connectivity index is 0.00000289. The van der Waals surface area contributed by atoms with E-state index < -0.39 is 0 Å². The minimum Gasteiger partial charge on any atom is -0.444 e. The van der Waals surface area contributed by atoms with Crippen LogP contribution in [0, 0.1) is 0 Å². The molecule has 2 heterocycles. The Morgan fingerprint density at radius 2 is 1.66 bits per heavy atom. The number of aromatic nitrogens is 1. The largest absolute Gasteiger partial charge is 0.444 e. The first kappa shape index (κ1) is 24.2. The van der Waals surface area contributed by atoms with E-state index in [0.717, 1.165) is 50.1 Å². The van der Waals surface area contributed by atoms with Gasteiger partial charge in [-0.15, -0.1) is 24.0 Å². The van der Waals surface area contributed by atoms with Crippen LogP contribution in [0.25, 0.3) is 11.5 Å². The maximum atomic E-state index is 5.61. The highest BCUT2D eigenvalue weighted by molar-refractivity contribution is 14.0. The van der Waals surface area contributed by atoms with Crippen molar-refractivity contribution in [3.63, 3.8) is 0 Å². The lowest BCUT2D eigenvalue weighted by Gasteiger charge is -2.27. The third-order valence-electron chi connectivity index (χ3n) is 5.30. The predicted molar refractivity (Wildman–Crippen MR) is 137 cm³/mol. The van der Waals surface area contributed by atoms with Gasteiger partial charge in [0.05, 0.1) is 25.5 Å². The molecule has 1 aliphatic rings. The second kappa shape index (κ2) is 12.6.